The van der Waals surface area contributed by atoms with Crippen molar-refractivity contribution in [1.82, 2.24) is 15.2 Å². The average Bonchev–Trinajstić information content (AvgIpc) is 3.38. The molecule has 138 valence electrons. The minimum Gasteiger partial charge on any atom is -0.497 e. The lowest BCUT2D eigenvalue weighted by atomic mass is 10.1. The highest BCUT2D eigenvalue weighted by Gasteiger charge is 2.39. The zero-order valence-electron chi connectivity index (χ0n) is 14.8. The third-order valence-electron chi connectivity index (χ3n) is 4.32. The van der Waals surface area contributed by atoms with Crippen molar-refractivity contribution >= 4 is 34.6 Å². The van der Waals surface area contributed by atoms with E-state index < -0.39 is 6.04 Å². The summed E-state index contributed by atoms with van der Waals surface area (Å²) in [5.41, 5.74) is 1.67. The lowest BCUT2D eigenvalue weighted by Crippen LogP contribution is -2.29. The topological polar surface area (TPSA) is 71.5 Å². The molecule has 4 rings (SSSR count). The van der Waals surface area contributed by atoms with Gasteiger partial charge < -0.3 is 10.1 Å². The van der Waals surface area contributed by atoms with E-state index in [0.29, 0.717) is 5.75 Å². The van der Waals surface area contributed by atoms with Crippen LogP contribution >= 0.6 is 22.7 Å². The predicted molar refractivity (Wildman–Crippen MR) is 105 cm³/mol. The summed E-state index contributed by atoms with van der Waals surface area (Å²) in [5.74, 6) is 0.459. The van der Waals surface area contributed by atoms with E-state index in [1.165, 1.54) is 4.90 Å². The largest absolute Gasteiger partial charge is 0.497 e. The van der Waals surface area contributed by atoms with Crippen LogP contribution in [0.15, 0.2) is 41.8 Å². The van der Waals surface area contributed by atoms with Crippen LogP contribution in [-0.4, -0.2) is 28.9 Å². The third kappa shape index (κ3) is 3.45. The van der Waals surface area contributed by atoms with Crippen molar-refractivity contribution in [3.05, 3.63) is 57.2 Å². The van der Waals surface area contributed by atoms with Crippen molar-refractivity contribution in [3.8, 4) is 16.3 Å². The first kappa shape index (κ1) is 17.7. The monoisotopic (exact) mass is 399 g/mol. The van der Waals surface area contributed by atoms with E-state index in [2.05, 4.69) is 10.3 Å². The maximum Gasteiger partial charge on any atom is 0.325 e. The SMILES string of the molecule is COc1ccc(C2NC(=O)N(Cc3ccc(-c4csc(C)n4)s3)C2=O)cc1. The number of methoxy groups -OCH3 is 1. The van der Waals surface area contributed by atoms with Crippen LogP contribution < -0.4 is 10.1 Å². The van der Waals surface area contributed by atoms with Gasteiger partial charge in [-0.1, -0.05) is 12.1 Å². The van der Waals surface area contributed by atoms with Crippen LogP contribution in [0.2, 0.25) is 0 Å². The maximum atomic E-state index is 12.8. The number of nitrogens with one attached hydrogen (secondary N) is 1. The fraction of sp³-hybridized carbons (Fsp3) is 0.211. The number of ether oxygens (including phenoxy) is 1. The number of hydrogen-bond donors (Lipinski definition) is 1. The van der Waals surface area contributed by atoms with Gasteiger partial charge in [-0.3, -0.25) is 9.69 Å². The Kier molecular flexibility index (Phi) is 4.67. The fourth-order valence-electron chi connectivity index (χ4n) is 2.92. The molecule has 3 amide bonds. The number of aryl methyl sites for hydroxylation is 1. The molecular formula is C19H17N3O3S2. The normalized spacial score (nSPS) is 16.7. The van der Waals surface area contributed by atoms with E-state index in [1.54, 1.807) is 54.0 Å². The second-order valence-corrected chi connectivity index (χ2v) is 8.33. The van der Waals surface area contributed by atoms with Crippen molar-refractivity contribution in [2.24, 2.45) is 0 Å². The summed E-state index contributed by atoms with van der Waals surface area (Å²) in [4.78, 5) is 32.8. The molecule has 3 heterocycles. The van der Waals surface area contributed by atoms with E-state index in [-0.39, 0.29) is 18.5 Å². The number of imide groups is 1. The zero-order chi connectivity index (χ0) is 19.0. The Labute approximate surface area is 164 Å². The van der Waals surface area contributed by atoms with Gasteiger partial charge in [0.2, 0.25) is 0 Å². The predicted octanol–water partition coefficient (Wildman–Crippen LogP) is 3.98. The third-order valence-corrected chi connectivity index (χ3v) is 6.19. The Balaban J connectivity index is 1.50. The molecule has 27 heavy (non-hydrogen) atoms. The summed E-state index contributed by atoms with van der Waals surface area (Å²) >= 11 is 3.15. The summed E-state index contributed by atoms with van der Waals surface area (Å²) < 4.78 is 5.13. The van der Waals surface area contributed by atoms with Crippen molar-refractivity contribution in [2.45, 2.75) is 19.5 Å². The molecule has 1 saturated heterocycles. The molecule has 6 nitrogen and oxygen atoms in total. The van der Waals surface area contributed by atoms with Crippen molar-refractivity contribution in [2.75, 3.05) is 7.11 Å². The Morgan fingerprint density at radius 1 is 1.19 bits per heavy atom. The molecule has 1 aliphatic rings. The van der Waals surface area contributed by atoms with Crippen molar-refractivity contribution < 1.29 is 14.3 Å². The molecule has 0 aliphatic carbocycles. The molecule has 0 radical (unpaired) electrons. The Bertz CT molecular complexity index is 994. The molecule has 1 atom stereocenters. The smallest absolute Gasteiger partial charge is 0.325 e. The highest BCUT2D eigenvalue weighted by Crippen LogP contribution is 2.31. The van der Waals surface area contributed by atoms with Crippen LogP contribution in [0.4, 0.5) is 4.79 Å². The molecule has 0 bridgehead atoms. The number of rotatable bonds is 5. The molecule has 1 aromatic carbocycles. The number of thiazole rings is 1. The van der Waals surface area contributed by atoms with Crippen molar-refractivity contribution in [3.63, 3.8) is 0 Å². The number of urea groups is 1. The number of carbonyl (C=O) groups excluding carboxylic acids is 2. The molecule has 1 N–H and O–H groups in total. The van der Waals surface area contributed by atoms with Crippen LogP contribution in [0.25, 0.3) is 10.6 Å². The zero-order valence-corrected chi connectivity index (χ0v) is 16.4. The standard InChI is InChI=1S/C19H17N3O3S2/c1-11-20-15(10-26-11)16-8-7-14(27-16)9-22-18(23)17(21-19(22)24)12-3-5-13(25-2)6-4-12/h3-8,10,17H,9H2,1-2H3,(H,21,24). The van der Waals surface area contributed by atoms with Gasteiger partial charge >= 0.3 is 6.03 Å². The molecule has 3 aromatic rings. The number of amides is 3. The fourth-order valence-corrected chi connectivity index (χ4v) is 4.57. The second kappa shape index (κ2) is 7.13. The van der Waals surface area contributed by atoms with E-state index in [4.69, 9.17) is 4.74 Å². The van der Waals surface area contributed by atoms with Gasteiger partial charge in [-0.05, 0) is 36.8 Å². The minimum atomic E-state index is -0.663. The molecule has 1 aliphatic heterocycles. The van der Waals surface area contributed by atoms with E-state index in [9.17, 15) is 9.59 Å². The summed E-state index contributed by atoms with van der Waals surface area (Å²) in [5, 5.41) is 5.78. The van der Waals surface area contributed by atoms with Gasteiger partial charge in [0.15, 0.2) is 0 Å². The first-order valence-corrected chi connectivity index (χ1v) is 10.0. The molecule has 1 unspecified atom stereocenters. The van der Waals surface area contributed by atoms with E-state index in [1.807, 2.05) is 24.4 Å². The van der Waals surface area contributed by atoms with Crippen LogP contribution in [0.3, 0.4) is 0 Å². The van der Waals surface area contributed by atoms with Gasteiger partial charge in [-0.2, -0.15) is 0 Å². The number of hydrogen-bond acceptors (Lipinski definition) is 6. The van der Waals surface area contributed by atoms with Gasteiger partial charge in [-0.15, -0.1) is 22.7 Å². The lowest BCUT2D eigenvalue weighted by molar-refractivity contribution is -0.127. The summed E-state index contributed by atoms with van der Waals surface area (Å²) in [6, 6.07) is 10.0. The van der Waals surface area contributed by atoms with Crippen LogP contribution in [-0.2, 0) is 11.3 Å². The van der Waals surface area contributed by atoms with Gasteiger partial charge in [0.25, 0.3) is 5.91 Å². The Morgan fingerprint density at radius 3 is 2.63 bits per heavy atom. The van der Waals surface area contributed by atoms with Gasteiger partial charge in [0.05, 0.1) is 29.2 Å². The Morgan fingerprint density at radius 2 is 1.96 bits per heavy atom. The molecule has 8 heteroatoms. The summed E-state index contributed by atoms with van der Waals surface area (Å²) in [6.07, 6.45) is 0. The maximum absolute atomic E-state index is 12.8. The molecule has 0 spiro atoms. The molecular weight excluding hydrogens is 382 g/mol. The first-order chi connectivity index (χ1) is 13.0. The quantitative estimate of drug-likeness (QED) is 0.659. The van der Waals surface area contributed by atoms with E-state index in [0.717, 1.165) is 26.0 Å². The number of thiophene rings is 1. The van der Waals surface area contributed by atoms with Crippen molar-refractivity contribution in [1.29, 1.82) is 0 Å². The van der Waals surface area contributed by atoms with Gasteiger partial charge in [-0.25, -0.2) is 9.78 Å². The lowest BCUT2D eigenvalue weighted by Gasteiger charge is -2.12. The number of carbonyl (C=O) groups is 2. The molecule has 1 fully saturated rings. The summed E-state index contributed by atoms with van der Waals surface area (Å²) in [7, 11) is 1.58. The average molecular weight is 399 g/mol. The molecule has 2 aromatic heterocycles. The molecule has 0 saturated carbocycles. The first-order valence-electron chi connectivity index (χ1n) is 8.32. The Hall–Kier alpha value is -2.71. The summed E-state index contributed by atoms with van der Waals surface area (Å²) in [6.45, 7) is 2.22. The van der Waals surface area contributed by atoms with E-state index >= 15 is 0 Å². The van der Waals surface area contributed by atoms with Gasteiger partial charge in [0, 0.05) is 10.3 Å². The number of aromatic nitrogens is 1. The highest BCUT2D eigenvalue weighted by atomic mass is 32.1. The number of benzene rings is 1. The second-order valence-electron chi connectivity index (χ2n) is 6.10. The minimum absolute atomic E-state index is 0.246. The number of nitrogens with zero attached hydrogens (tertiary/aromatic N) is 2. The highest BCUT2D eigenvalue weighted by molar-refractivity contribution is 7.16. The van der Waals surface area contributed by atoms with Crippen LogP contribution in [0.1, 0.15) is 21.5 Å². The van der Waals surface area contributed by atoms with Gasteiger partial charge in [0.1, 0.15) is 11.8 Å². The van der Waals surface area contributed by atoms with Crippen LogP contribution in [0.5, 0.6) is 5.75 Å². The van der Waals surface area contributed by atoms with Crippen LogP contribution in [0, 0.1) is 6.92 Å².